The van der Waals surface area contributed by atoms with Gasteiger partial charge in [-0.15, -0.1) is 0 Å². The minimum absolute atomic E-state index is 0.706. The molecule has 3 aliphatic carbocycles. The molecule has 5 heteroatoms. The van der Waals surface area contributed by atoms with Crippen LogP contribution >= 0.6 is 0 Å². The molecule has 310 valence electrons. The lowest BCUT2D eigenvalue weighted by Crippen LogP contribution is -2.17. The molecule has 2 heterocycles. The fraction of sp³-hybridized carbons (Fsp3) is 0.102. The van der Waals surface area contributed by atoms with Gasteiger partial charge < -0.3 is 20.0 Å². The summed E-state index contributed by atoms with van der Waals surface area (Å²) in [5.41, 5.74) is 27.8. The van der Waals surface area contributed by atoms with Crippen molar-refractivity contribution >= 4 is 50.3 Å². The van der Waals surface area contributed by atoms with Crippen molar-refractivity contribution in [2.75, 3.05) is 15.5 Å². The molecule has 0 saturated heterocycles. The van der Waals surface area contributed by atoms with Crippen LogP contribution in [0.5, 0.6) is 0 Å². The van der Waals surface area contributed by atoms with Gasteiger partial charge in [0, 0.05) is 79.8 Å². The molecule has 0 spiro atoms. The van der Waals surface area contributed by atoms with E-state index < -0.39 is 0 Å². The highest BCUT2D eigenvalue weighted by atomic mass is 16.3. The molecule has 0 atom stereocenters. The van der Waals surface area contributed by atoms with E-state index in [0.717, 1.165) is 92.1 Å². The highest BCUT2D eigenvalue weighted by Crippen LogP contribution is 2.47. The normalized spacial score (nSPS) is 14.0. The fourth-order valence-corrected chi connectivity index (χ4v) is 9.84. The number of pyridine rings is 1. The predicted molar refractivity (Wildman–Crippen MR) is 268 cm³/mol. The van der Waals surface area contributed by atoms with Crippen LogP contribution in [-0.2, 0) is 6.42 Å². The molecule has 0 amide bonds. The number of rotatable bonds is 8. The summed E-state index contributed by atoms with van der Waals surface area (Å²) in [6.45, 7) is 6.56. The average molecular weight is 829 g/mol. The Hall–Kier alpha value is -7.89. The van der Waals surface area contributed by atoms with Gasteiger partial charge in [0.05, 0.1) is 11.2 Å². The first-order chi connectivity index (χ1) is 31.4. The van der Waals surface area contributed by atoms with Gasteiger partial charge in [-0.25, -0.2) is 0 Å². The average Bonchev–Trinajstić information content (AvgIpc) is 3.57. The van der Waals surface area contributed by atoms with Gasteiger partial charge >= 0.3 is 0 Å². The van der Waals surface area contributed by atoms with Crippen molar-refractivity contribution in [1.82, 2.24) is 4.98 Å². The van der Waals surface area contributed by atoms with Crippen molar-refractivity contribution in [3.63, 3.8) is 0 Å². The number of anilines is 5. The number of aryl methyl sites for hydroxylation is 2. The molecular weight excluding hydrogens is 781 g/mol. The molecule has 0 unspecified atom stereocenters. The molecule has 2 aromatic heterocycles. The molecule has 8 aromatic rings. The van der Waals surface area contributed by atoms with E-state index in [0.29, 0.717) is 5.69 Å². The summed E-state index contributed by atoms with van der Waals surface area (Å²) >= 11 is 0. The second-order valence-electron chi connectivity index (χ2n) is 16.9. The van der Waals surface area contributed by atoms with Gasteiger partial charge in [-0.3, -0.25) is 4.98 Å². The maximum Gasteiger partial charge on any atom is 0.140 e. The number of hydrogen-bond donors (Lipinski definition) is 1. The number of furan rings is 1. The Kier molecular flexibility index (Phi) is 9.81. The van der Waals surface area contributed by atoms with Crippen LogP contribution in [0.25, 0.3) is 55.4 Å². The lowest BCUT2D eigenvalue weighted by molar-refractivity contribution is 0.627. The third-order valence-electron chi connectivity index (χ3n) is 13.2. The van der Waals surface area contributed by atoms with Crippen LogP contribution in [0.15, 0.2) is 204 Å². The number of allylic oxidation sites excluding steroid dienone is 10. The Morgan fingerprint density at radius 3 is 2.11 bits per heavy atom. The third-order valence-corrected chi connectivity index (χ3v) is 13.2. The highest BCUT2D eigenvalue weighted by molar-refractivity contribution is 5.96. The predicted octanol–water partition coefficient (Wildman–Crippen LogP) is 15.5. The number of para-hydroxylation sites is 2. The maximum absolute atomic E-state index is 6.69. The van der Waals surface area contributed by atoms with Crippen LogP contribution in [-0.4, -0.2) is 4.98 Å². The van der Waals surface area contributed by atoms with Crippen LogP contribution in [0.2, 0.25) is 0 Å². The van der Waals surface area contributed by atoms with Crippen molar-refractivity contribution in [3.05, 3.63) is 227 Å². The SMILES string of the molecule is Cc1c(N(C2=CC=CC=CC2)c2ccc(-c3ccc(N(C4=CCC=CC=C4)c4ccc5c(C)c(-c6ccccc6N)oc5c4C)cc3)cc2)ccc2c1Cc1c-2cnc2ccccc12. The van der Waals surface area contributed by atoms with Gasteiger partial charge in [0.25, 0.3) is 0 Å². The zero-order valence-corrected chi connectivity index (χ0v) is 36.3. The Morgan fingerprint density at radius 2 is 1.30 bits per heavy atom. The molecule has 64 heavy (non-hydrogen) atoms. The van der Waals surface area contributed by atoms with E-state index in [9.17, 15) is 0 Å². The first-order valence-corrected chi connectivity index (χ1v) is 22.2. The van der Waals surface area contributed by atoms with Crippen molar-refractivity contribution in [1.29, 1.82) is 0 Å². The van der Waals surface area contributed by atoms with E-state index in [-0.39, 0.29) is 0 Å². The van der Waals surface area contributed by atoms with E-state index in [1.54, 1.807) is 0 Å². The van der Waals surface area contributed by atoms with E-state index in [4.69, 9.17) is 15.1 Å². The summed E-state index contributed by atoms with van der Waals surface area (Å²) in [6, 6.07) is 43.4. The van der Waals surface area contributed by atoms with Gasteiger partial charge in [0.1, 0.15) is 11.3 Å². The molecule has 0 saturated carbocycles. The van der Waals surface area contributed by atoms with Gasteiger partial charge in [0.2, 0.25) is 0 Å². The number of nitrogens with two attached hydrogens (primary N) is 1. The summed E-state index contributed by atoms with van der Waals surface area (Å²) in [4.78, 5) is 9.62. The minimum atomic E-state index is 0.706. The molecule has 0 aliphatic heterocycles. The minimum Gasteiger partial charge on any atom is -0.455 e. The number of fused-ring (bicyclic) bond motifs is 6. The quantitative estimate of drug-likeness (QED) is 0.155. The molecule has 0 fully saturated rings. The Morgan fingerprint density at radius 1 is 0.578 bits per heavy atom. The summed E-state index contributed by atoms with van der Waals surface area (Å²) < 4.78 is 6.69. The first-order valence-electron chi connectivity index (χ1n) is 22.2. The Balaban J connectivity index is 0.935. The molecule has 6 aromatic carbocycles. The number of hydrogen-bond acceptors (Lipinski definition) is 5. The van der Waals surface area contributed by atoms with E-state index in [2.05, 4.69) is 195 Å². The second kappa shape index (κ2) is 16.1. The number of nitrogens with zero attached hydrogens (tertiary/aromatic N) is 3. The van der Waals surface area contributed by atoms with Crippen LogP contribution in [0.3, 0.4) is 0 Å². The van der Waals surface area contributed by atoms with Gasteiger partial charge in [-0.2, -0.15) is 0 Å². The molecule has 2 N–H and O–H groups in total. The van der Waals surface area contributed by atoms with Gasteiger partial charge in [-0.05, 0) is 140 Å². The largest absolute Gasteiger partial charge is 0.455 e. The van der Waals surface area contributed by atoms with Crippen LogP contribution in [0.4, 0.5) is 28.4 Å². The van der Waals surface area contributed by atoms with Crippen molar-refractivity contribution in [3.8, 4) is 33.6 Å². The van der Waals surface area contributed by atoms with Gasteiger partial charge in [-0.1, -0.05) is 109 Å². The zero-order chi connectivity index (χ0) is 43.3. The lowest BCUT2D eigenvalue weighted by atomic mass is 9.98. The zero-order valence-electron chi connectivity index (χ0n) is 36.3. The Labute approximate surface area is 374 Å². The first kappa shape index (κ1) is 39.0. The van der Waals surface area contributed by atoms with E-state index >= 15 is 0 Å². The van der Waals surface area contributed by atoms with Gasteiger partial charge in [0.15, 0.2) is 0 Å². The van der Waals surface area contributed by atoms with E-state index in [1.165, 1.54) is 44.6 Å². The number of benzene rings is 6. The second-order valence-corrected chi connectivity index (χ2v) is 16.9. The van der Waals surface area contributed by atoms with E-state index in [1.807, 2.05) is 24.3 Å². The summed E-state index contributed by atoms with van der Waals surface area (Å²) in [6.07, 6.45) is 26.4. The molecule has 3 aliphatic rings. The Bertz CT molecular complexity index is 3340. The highest BCUT2D eigenvalue weighted by Gasteiger charge is 2.27. The number of nitrogen functional groups attached to an aromatic ring is 1. The monoisotopic (exact) mass is 828 g/mol. The van der Waals surface area contributed by atoms with Crippen molar-refractivity contribution < 1.29 is 4.42 Å². The summed E-state index contributed by atoms with van der Waals surface area (Å²) in [5, 5.41) is 2.34. The van der Waals surface area contributed by atoms with Crippen molar-refractivity contribution in [2.24, 2.45) is 0 Å². The van der Waals surface area contributed by atoms with Crippen LogP contribution in [0.1, 0.15) is 40.7 Å². The molecule has 0 bridgehead atoms. The number of aromatic nitrogens is 1. The molecule has 5 nitrogen and oxygen atoms in total. The summed E-state index contributed by atoms with van der Waals surface area (Å²) in [7, 11) is 0. The fourth-order valence-electron chi connectivity index (χ4n) is 9.84. The maximum atomic E-state index is 6.69. The summed E-state index contributed by atoms with van der Waals surface area (Å²) in [5.74, 6) is 0.816. The topological polar surface area (TPSA) is 58.5 Å². The van der Waals surface area contributed by atoms with Crippen molar-refractivity contribution in [2.45, 2.75) is 40.0 Å². The molecule has 11 rings (SSSR count). The van der Waals surface area contributed by atoms with Crippen LogP contribution in [0, 0.1) is 20.8 Å². The molecular formula is C59H48N4O. The third kappa shape index (κ3) is 6.68. The smallest absolute Gasteiger partial charge is 0.140 e. The molecule has 0 radical (unpaired) electrons. The lowest BCUT2D eigenvalue weighted by Gasteiger charge is -2.30. The standard InChI is InChI=1S/C59H48N4O/c1-38-51-36-52-49-20-13-15-23-55(49)61-37-53(52)48(51)33-35-56(38)62(43-16-8-4-5-9-17-43)45-28-24-41(25-29-45)42-26-30-46(31-27-42)63(44-18-10-6-7-11-19-44)57-34-32-47-39(2)58(64-59(47)40(57)3)50-21-12-14-22-54(50)60/h4-10,12-16,18-35,37H,11,17,36,60H2,1-3H3. The van der Waals surface area contributed by atoms with Crippen LogP contribution < -0.4 is 15.5 Å².